The van der Waals surface area contributed by atoms with Crippen molar-refractivity contribution in [1.29, 1.82) is 0 Å². The van der Waals surface area contributed by atoms with Crippen LogP contribution in [0.1, 0.15) is 51.8 Å². The van der Waals surface area contributed by atoms with Gasteiger partial charge in [-0.3, -0.25) is 0 Å². The zero-order valence-electron chi connectivity index (χ0n) is 21.9. The average Bonchev–Trinajstić information content (AvgIpc) is 3.25. The van der Waals surface area contributed by atoms with Crippen LogP contribution in [0.3, 0.4) is 0 Å². The van der Waals surface area contributed by atoms with Crippen LogP contribution in [-0.4, -0.2) is 39.2 Å². The lowest BCUT2D eigenvalue weighted by Gasteiger charge is -2.29. The number of aromatic nitrogens is 3. The number of carbonyl (C=O) groups excluding carboxylic acids is 1. The van der Waals surface area contributed by atoms with E-state index in [1.165, 1.54) is 11.8 Å². The van der Waals surface area contributed by atoms with Crippen molar-refractivity contribution >= 4 is 51.2 Å². The minimum absolute atomic E-state index is 0.265. The topological polar surface area (TPSA) is 87.5 Å². The zero-order valence-corrected chi connectivity index (χ0v) is 25.0. The highest BCUT2D eigenvalue weighted by Gasteiger charge is 2.36. The van der Waals surface area contributed by atoms with Gasteiger partial charge in [0.2, 0.25) is 11.1 Å². The first-order chi connectivity index (χ1) is 18.2. The Morgan fingerprint density at radius 1 is 1.24 bits per heavy atom. The number of benzene rings is 2. The molecule has 0 radical (unpaired) electrons. The second kappa shape index (κ2) is 12.4. The van der Waals surface area contributed by atoms with E-state index < -0.39 is 12.0 Å². The summed E-state index contributed by atoms with van der Waals surface area (Å²) in [6.07, 6.45) is -0.280. The van der Waals surface area contributed by atoms with Gasteiger partial charge in [-0.05, 0) is 73.1 Å². The number of nitrogens with zero attached hydrogens (tertiary/aromatic N) is 3. The van der Waals surface area contributed by atoms with Gasteiger partial charge in [0.05, 0.1) is 22.8 Å². The van der Waals surface area contributed by atoms with Crippen LogP contribution < -0.4 is 14.8 Å². The van der Waals surface area contributed by atoms with Crippen LogP contribution in [0.15, 0.2) is 57.3 Å². The van der Waals surface area contributed by atoms with Gasteiger partial charge < -0.3 is 19.5 Å². The van der Waals surface area contributed by atoms with Crippen LogP contribution >= 0.6 is 39.3 Å². The van der Waals surface area contributed by atoms with Gasteiger partial charge in [0.25, 0.3) is 0 Å². The van der Waals surface area contributed by atoms with Gasteiger partial charge in [0.15, 0.2) is 11.5 Å². The molecule has 0 amide bonds. The number of ether oxygens (including phenoxy) is 3. The summed E-state index contributed by atoms with van der Waals surface area (Å²) in [6.45, 7) is 10.1. The number of hydrogen-bond donors (Lipinski definition) is 1. The van der Waals surface area contributed by atoms with Crippen molar-refractivity contribution in [2.75, 3.05) is 17.7 Å². The van der Waals surface area contributed by atoms with E-state index in [0.717, 1.165) is 16.9 Å². The maximum atomic E-state index is 13.3. The molecule has 1 aromatic heterocycles. The summed E-state index contributed by atoms with van der Waals surface area (Å²) in [6, 6.07) is 10.7. The number of anilines is 1. The molecule has 1 N–H and O–H groups in total. The smallest absolute Gasteiger partial charge is 0.338 e. The van der Waals surface area contributed by atoms with Crippen molar-refractivity contribution in [1.82, 2.24) is 14.8 Å². The quantitative estimate of drug-likeness (QED) is 0.191. The van der Waals surface area contributed by atoms with Crippen molar-refractivity contribution in [3.05, 3.63) is 68.3 Å². The predicted molar refractivity (Wildman–Crippen MR) is 153 cm³/mol. The monoisotopic (exact) mass is 620 g/mol. The molecule has 2 aromatic carbocycles. The molecule has 0 aliphatic carbocycles. The van der Waals surface area contributed by atoms with Crippen LogP contribution in [0.5, 0.6) is 11.5 Å². The summed E-state index contributed by atoms with van der Waals surface area (Å²) in [5.74, 6) is 2.02. The van der Waals surface area contributed by atoms with Crippen LogP contribution in [0.25, 0.3) is 0 Å². The summed E-state index contributed by atoms with van der Waals surface area (Å²) in [5, 5.41) is 9.19. The third kappa shape index (κ3) is 6.13. The first-order valence-corrected chi connectivity index (χ1v) is 14.5. The molecule has 11 heteroatoms. The maximum absolute atomic E-state index is 13.3. The Bertz CT molecular complexity index is 1360. The van der Waals surface area contributed by atoms with Gasteiger partial charge in [-0.1, -0.05) is 48.5 Å². The fourth-order valence-electron chi connectivity index (χ4n) is 4.09. The summed E-state index contributed by atoms with van der Waals surface area (Å²) in [5.41, 5.74) is 2.72. The fraction of sp³-hybridized carbons (Fsp3) is 0.370. The molecule has 0 saturated carbocycles. The van der Waals surface area contributed by atoms with Crippen molar-refractivity contribution in [2.45, 2.75) is 58.5 Å². The Morgan fingerprint density at radius 3 is 2.68 bits per heavy atom. The number of allylic oxidation sites excluding steroid dienone is 1. The van der Waals surface area contributed by atoms with E-state index in [-0.39, 0.29) is 12.7 Å². The lowest BCUT2D eigenvalue weighted by atomic mass is 9.95. The number of esters is 1. The molecule has 4 rings (SSSR count). The molecule has 1 atom stereocenters. The van der Waals surface area contributed by atoms with E-state index in [0.29, 0.717) is 50.0 Å². The molecule has 38 heavy (non-hydrogen) atoms. The first kappa shape index (κ1) is 28.3. The molecule has 202 valence electrons. The van der Waals surface area contributed by atoms with E-state index in [4.69, 9.17) is 30.9 Å². The molecule has 0 fully saturated rings. The third-order valence-corrected chi connectivity index (χ3v) is 7.32. The Balaban J connectivity index is 1.80. The van der Waals surface area contributed by atoms with Crippen LogP contribution in [-0.2, 0) is 16.1 Å². The Kier molecular flexibility index (Phi) is 9.27. The maximum Gasteiger partial charge on any atom is 0.338 e. The van der Waals surface area contributed by atoms with Gasteiger partial charge in [-0.25, -0.2) is 9.48 Å². The number of thioether (sulfide) groups is 1. The van der Waals surface area contributed by atoms with Gasteiger partial charge in [0, 0.05) is 16.3 Å². The van der Waals surface area contributed by atoms with E-state index in [1.54, 1.807) is 4.68 Å². The number of carbonyl (C=O) groups is 1. The largest absolute Gasteiger partial charge is 0.490 e. The normalized spacial score (nSPS) is 14.8. The standard InChI is InChI=1S/C27H30BrClN4O4S/c1-6-35-21-13-18(12-19(28)24(21)36-14-17-10-8-9-11-20(17)29)23-22(25(34)37-15(3)4)16(5)30-26-31-27(38-7-2)32-33(23)26/h8-13,15,23H,6-7,14H2,1-5H3,(H,30,31,32). The van der Waals surface area contributed by atoms with Crippen molar-refractivity contribution in [3.63, 3.8) is 0 Å². The SMILES string of the molecule is CCOc1cc(C2C(C(=O)OC(C)C)=C(C)Nc3nc(SCC)nn32)cc(Br)c1OCc1ccccc1Cl. The highest BCUT2D eigenvalue weighted by molar-refractivity contribution is 9.10. The third-order valence-electron chi connectivity index (χ3n) is 5.65. The lowest BCUT2D eigenvalue weighted by molar-refractivity contribution is -0.143. The number of rotatable bonds is 10. The average molecular weight is 622 g/mol. The summed E-state index contributed by atoms with van der Waals surface area (Å²) in [4.78, 5) is 18.0. The number of fused-ring (bicyclic) bond motifs is 1. The molecular formula is C27H30BrClN4O4S. The Morgan fingerprint density at radius 2 is 2.00 bits per heavy atom. The number of halogens is 2. The molecule has 3 aromatic rings. The van der Waals surface area contributed by atoms with Crippen molar-refractivity contribution in [2.24, 2.45) is 0 Å². The van der Waals surface area contributed by atoms with Crippen LogP contribution in [0, 0.1) is 0 Å². The number of nitrogens with one attached hydrogen (secondary N) is 1. The Hall–Kier alpha value is -2.69. The predicted octanol–water partition coefficient (Wildman–Crippen LogP) is 7.02. The second-order valence-corrected chi connectivity index (χ2v) is 11.3. The molecule has 8 nitrogen and oxygen atoms in total. The van der Waals surface area contributed by atoms with E-state index >= 15 is 0 Å². The summed E-state index contributed by atoms with van der Waals surface area (Å²) < 4.78 is 20.2. The molecule has 0 spiro atoms. The highest BCUT2D eigenvalue weighted by atomic mass is 79.9. The van der Waals surface area contributed by atoms with E-state index in [2.05, 4.69) is 26.2 Å². The minimum atomic E-state index is -0.593. The van der Waals surface area contributed by atoms with E-state index in [1.807, 2.05) is 71.0 Å². The number of hydrogen-bond acceptors (Lipinski definition) is 8. The Labute approximate surface area is 240 Å². The highest BCUT2D eigenvalue weighted by Crippen LogP contribution is 2.44. The van der Waals surface area contributed by atoms with Crippen LogP contribution in [0.4, 0.5) is 5.95 Å². The molecule has 0 bridgehead atoms. The molecule has 2 heterocycles. The first-order valence-electron chi connectivity index (χ1n) is 12.3. The van der Waals surface area contributed by atoms with E-state index in [9.17, 15) is 4.79 Å². The second-order valence-electron chi connectivity index (χ2n) is 8.76. The molecule has 1 unspecified atom stereocenters. The summed E-state index contributed by atoms with van der Waals surface area (Å²) in [7, 11) is 0. The van der Waals surface area contributed by atoms with Gasteiger partial charge in [-0.2, -0.15) is 4.98 Å². The van der Waals surface area contributed by atoms with Gasteiger partial charge >= 0.3 is 5.97 Å². The van der Waals surface area contributed by atoms with Crippen LogP contribution in [0.2, 0.25) is 5.02 Å². The van der Waals surface area contributed by atoms with Crippen molar-refractivity contribution < 1.29 is 19.0 Å². The minimum Gasteiger partial charge on any atom is -0.490 e. The fourth-order valence-corrected chi connectivity index (χ4v) is 5.41. The van der Waals surface area contributed by atoms with Gasteiger partial charge in [-0.15, -0.1) is 5.10 Å². The molecule has 1 aliphatic rings. The molecule has 0 saturated heterocycles. The zero-order chi connectivity index (χ0) is 27.4. The molecular weight excluding hydrogens is 592 g/mol. The molecule has 1 aliphatic heterocycles. The summed E-state index contributed by atoms with van der Waals surface area (Å²) >= 11 is 11.5. The van der Waals surface area contributed by atoms with Crippen molar-refractivity contribution in [3.8, 4) is 11.5 Å². The van der Waals surface area contributed by atoms with Gasteiger partial charge in [0.1, 0.15) is 12.6 Å². The lowest BCUT2D eigenvalue weighted by Crippen LogP contribution is -2.30.